The molecule has 0 heterocycles. The fraction of sp³-hybridized carbons (Fsp3) is 0.381. The van der Waals surface area contributed by atoms with Gasteiger partial charge in [0.05, 0.1) is 13.7 Å². The smallest absolute Gasteiger partial charge is 0.315 e. The monoisotopic (exact) mass is 354 g/mol. The maximum absolute atomic E-state index is 11.9. The van der Waals surface area contributed by atoms with Crippen LogP contribution in [0.25, 0.3) is 0 Å². The normalized spacial score (nSPS) is 12.8. The number of rotatable bonds is 7. The van der Waals surface area contributed by atoms with Crippen LogP contribution in [0.5, 0.6) is 11.5 Å². The Bertz CT molecular complexity index is 729. The molecule has 138 valence electrons. The lowest BCUT2D eigenvalue weighted by Crippen LogP contribution is -2.37. The Morgan fingerprint density at radius 3 is 2.65 bits per heavy atom. The molecule has 1 aliphatic carbocycles. The number of carbonyl (C=O) groups excluding carboxylic acids is 1. The number of amides is 2. The molecule has 3 rings (SSSR count). The van der Waals surface area contributed by atoms with Crippen molar-refractivity contribution in [2.24, 2.45) is 0 Å². The number of carbonyl (C=O) groups is 1. The van der Waals surface area contributed by atoms with Gasteiger partial charge in [0.25, 0.3) is 0 Å². The number of nitrogens with one attached hydrogen (secondary N) is 2. The summed E-state index contributed by atoms with van der Waals surface area (Å²) in [6, 6.07) is 13.7. The molecule has 5 heteroatoms. The first-order valence-electron chi connectivity index (χ1n) is 9.14. The lowest BCUT2D eigenvalue weighted by Gasteiger charge is -2.19. The number of ether oxygens (including phenoxy) is 2. The van der Waals surface area contributed by atoms with Crippen LogP contribution in [-0.4, -0.2) is 26.3 Å². The quantitative estimate of drug-likeness (QED) is 0.749. The zero-order valence-electron chi connectivity index (χ0n) is 15.2. The number of urea groups is 1. The summed E-state index contributed by atoms with van der Waals surface area (Å²) in [6.45, 7) is 1.41. The minimum Gasteiger partial charge on any atom is -0.497 e. The minimum atomic E-state index is -0.195. The fourth-order valence-electron chi connectivity index (χ4n) is 3.20. The Balaban J connectivity index is 1.37. The topological polar surface area (TPSA) is 59.6 Å². The summed E-state index contributed by atoms with van der Waals surface area (Å²) in [6.07, 6.45) is 4.70. The fourth-order valence-corrected chi connectivity index (χ4v) is 3.20. The van der Waals surface area contributed by atoms with E-state index in [1.165, 1.54) is 24.0 Å². The second kappa shape index (κ2) is 9.13. The van der Waals surface area contributed by atoms with E-state index in [1.54, 1.807) is 7.11 Å². The molecule has 0 saturated carbocycles. The highest BCUT2D eigenvalue weighted by atomic mass is 16.5. The molecule has 2 aromatic rings. The summed E-state index contributed by atoms with van der Waals surface area (Å²) in [5.41, 5.74) is 3.76. The first-order chi connectivity index (χ1) is 12.8. The van der Waals surface area contributed by atoms with Crippen LogP contribution in [0.3, 0.4) is 0 Å². The van der Waals surface area contributed by atoms with Gasteiger partial charge in [-0.1, -0.05) is 24.3 Å². The summed E-state index contributed by atoms with van der Waals surface area (Å²) < 4.78 is 11.0. The van der Waals surface area contributed by atoms with Crippen LogP contribution >= 0.6 is 0 Å². The van der Waals surface area contributed by atoms with Crippen LogP contribution in [-0.2, 0) is 19.4 Å². The molecule has 0 saturated heterocycles. The molecule has 0 atom stereocenters. The molecule has 2 aromatic carbocycles. The summed E-state index contributed by atoms with van der Waals surface area (Å²) in [4.78, 5) is 11.9. The van der Waals surface area contributed by atoms with E-state index in [9.17, 15) is 4.79 Å². The maximum Gasteiger partial charge on any atom is 0.315 e. The van der Waals surface area contributed by atoms with Gasteiger partial charge in [0.15, 0.2) is 0 Å². The molecule has 0 bridgehead atoms. The number of fused-ring (bicyclic) bond motifs is 1. The average molecular weight is 354 g/mol. The molecule has 0 aromatic heterocycles. The van der Waals surface area contributed by atoms with E-state index in [1.807, 2.05) is 30.3 Å². The molecular weight excluding hydrogens is 328 g/mol. The number of methoxy groups -OCH3 is 1. The second-order valence-corrected chi connectivity index (χ2v) is 6.41. The van der Waals surface area contributed by atoms with E-state index >= 15 is 0 Å². The van der Waals surface area contributed by atoms with Gasteiger partial charge in [-0.05, 0) is 60.6 Å². The van der Waals surface area contributed by atoms with E-state index in [0.717, 1.165) is 29.9 Å². The molecule has 2 amide bonds. The third-order valence-corrected chi connectivity index (χ3v) is 4.61. The predicted molar refractivity (Wildman–Crippen MR) is 102 cm³/mol. The molecule has 0 aliphatic heterocycles. The lowest BCUT2D eigenvalue weighted by molar-refractivity contribution is 0.236. The second-order valence-electron chi connectivity index (χ2n) is 6.41. The van der Waals surface area contributed by atoms with Gasteiger partial charge in [-0.3, -0.25) is 0 Å². The molecule has 2 N–H and O–H groups in total. The Morgan fingerprint density at radius 1 is 1.04 bits per heavy atom. The first kappa shape index (κ1) is 18.1. The van der Waals surface area contributed by atoms with Crippen LogP contribution in [0.2, 0.25) is 0 Å². The molecular formula is C21H26N2O3. The van der Waals surface area contributed by atoms with Gasteiger partial charge < -0.3 is 20.1 Å². The van der Waals surface area contributed by atoms with Crippen molar-refractivity contribution in [3.05, 3.63) is 59.2 Å². The summed E-state index contributed by atoms with van der Waals surface area (Å²) >= 11 is 0. The molecule has 1 aliphatic rings. The van der Waals surface area contributed by atoms with Gasteiger partial charge in [0.2, 0.25) is 0 Å². The minimum absolute atomic E-state index is 0.195. The van der Waals surface area contributed by atoms with Crippen molar-refractivity contribution in [1.82, 2.24) is 10.6 Å². The highest BCUT2D eigenvalue weighted by Gasteiger charge is 2.13. The third-order valence-electron chi connectivity index (χ3n) is 4.61. The van der Waals surface area contributed by atoms with Gasteiger partial charge in [-0.25, -0.2) is 4.79 Å². The van der Waals surface area contributed by atoms with E-state index in [2.05, 4.69) is 22.8 Å². The number of benzene rings is 2. The average Bonchev–Trinajstić information content (AvgIpc) is 2.70. The van der Waals surface area contributed by atoms with Gasteiger partial charge in [0.1, 0.15) is 18.1 Å². The Labute approximate surface area is 154 Å². The highest BCUT2D eigenvalue weighted by molar-refractivity contribution is 5.73. The predicted octanol–water partition coefficient (Wildman–Crippen LogP) is 3.45. The zero-order chi connectivity index (χ0) is 18.2. The molecule has 0 unspecified atom stereocenters. The first-order valence-corrected chi connectivity index (χ1v) is 9.14. The third kappa shape index (κ3) is 4.91. The van der Waals surface area contributed by atoms with E-state index < -0.39 is 0 Å². The molecule has 5 nitrogen and oxygen atoms in total. The van der Waals surface area contributed by atoms with Crippen molar-refractivity contribution in [3.8, 4) is 11.5 Å². The van der Waals surface area contributed by atoms with Crippen molar-refractivity contribution in [2.75, 3.05) is 20.3 Å². The van der Waals surface area contributed by atoms with Crippen LogP contribution in [0.15, 0.2) is 42.5 Å². The summed E-state index contributed by atoms with van der Waals surface area (Å²) in [7, 11) is 1.63. The standard InChI is InChI=1S/C21H26N2O3/c1-25-18-11-9-16(10-12-18)15-23-21(24)22-13-14-26-20-8-4-6-17-5-2-3-7-19(17)20/h4,6,8-12H,2-3,5,7,13-15H2,1H3,(H2,22,23,24). The van der Waals surface area contributed by atoms with Gasteiger partial charge in [0, 0.05) is 6.54 Å². The number of hydrogen-bond donors (Lipinski definition) is 2. The summed E-state index contributed by atoms with van der Waals surface area (Å²) in [5.74, 6) is 1.76. The van der Waals surface area contributed by atoms with Crippen molar-refractivity contribution in [1.29, 1.82) is 0 Å². The number of aryl methyl sites for hydroxylation is 1. The van der Waals surface area contributed by atoms with Crippen molar-refractivity contribution in [2.45, 2.75) is 32.2 Å². The Hall–Kier alpha value is -2.69. The highest BCUT2D eigenvalue weighted by Crippen LogP contribution is 2.29. The van der Waals surface area contributed by atoms with Crippen molar-refractivity contribution < 1.29 is 14.3 Å². The van der Waals surface area contributed by atoms with Gasteiger partial charge in [-0.2, -0.15) is 0 Å². The van der Waals surface area contributed by atoms with E-state index in [4.69, 9.17) is 9.47 Å². The van der Waals surface area contributed by atoms with E-state index in [0.29, 0.717) is 19.7 Å². The summed E-state index contributed by atoms with van der Waals surface area (Å²) in [5, 5.41) is 5.66. The van der Waals surface area contributed by atoms with E-state index in [-0.39, 0.29) is 6.03 Å². The molecule has 0 radical (unpaired) electrons. The van der Waals surface area contributed by atoms with Gasteiger partial charge >= 0.3 is 6.03 Å². The molecule has 26 heavy (non-hydrogen) atoms. The molecule has 0 spiro atoms. The van der Waals surface area contributed by atoms with Gasteiger partial charge in [-0.15, -0.1) is 0 Å². The van der Waals surface area contributed by atoms with Crippen LogP contribution in [0.4, 0.5) is 4.79 Å². The SMILES string of the molecule is COc1ccc(CNC(=O)NCCOc2cccc3c2CCCC3)cc1. The Morgan fingerprint density at radius 2 is 1.85 bits per heavy atom. The van der Waals surface area contributed by atoms with Crippen molar-refractivity contribution in [3.63, 3.8) is 0 Å². The van der Waals surface area contributed by atoms with Crippen LogP contribution in [0, 0.1) is 0 Å². The maximum atomic E-state index is 11.9. The van der Waals surface area contributed by atoms with Crippen LogP contribution in [0.1, 0.15) is 29.5 Å². The Kier molecular flexibility index (Phi) is 6.36. The van der Waals surface area contributed by atoms with Crippen LogP contribution < -0.4 is 20.1 Å². The van der Waals surface area contributed by atoms with Crippen molar-refractivity contribution >= 4 is 6.03 Å². The number of hydrogen-bond acceptors (Lipinski definition) is 3. The lowest BCUT2D eigenvalue weighted by atomic mass is 9.91. The molecule has 0 fully saturated rings. The zero-order valence-corrected chi connectivity index (χ0v) is 15.2. The largest absolute Gasteiger partial charge is 0.497 e.